The highest BCUT2D eigenvalue weighted by molar-refractivity contribution is 6.24. The Labute approximate surface area is 288 Å². The highest BCUT2D eigenvalue weighted by Crippen LogP contribution is 2.47. The molecule has 0 nitrogen and oxygen atoms in total. The number of hydrogen-bond acceptors (Lipinski definition) is 0. The Kier molecular flexibility index (Phi) is 5.71. The van der Waals surface area contributed by atoms with Gasteiger partial charge in [0.15, 0.2) is 0 Å². The third-order valence-electron chi connectivity index (χ3n) is 9.29. The smallest absolute Gasteiger partial charge is 0.0622 e. The normalized spacial score (nSPS) is 12.8. The molecule has 0 amide bonds. The van der Waals surface area contributed by atoms with Gasteiger partial charge in [0.05, 0.1) is 6.85 Å². The monoisotopic (exact) mass is 613 g/mol. The predicted molar refractivity (Wildman–Crippen MR) is 206 cm³/mol. The molecule has 0 aliphatic rings. The minimum Gasteiger partial charge on any atom is -0.0622 e. The summed E-state index contributed by atoms with van der Waals surface area (Å²) in [6.45, 7) is 0. The highest BCUT2D eigenvalue weighted by atomic mass is 14.2. The van der Waals surface area contributed by atoms with Crippen LogP contribution < -0.4 is 0 Å². The van der Waals surface area contributed by atoms with Crippen LogP contribution in [-0.4, -0.2) is 0 Å². The topological polar surface area (TPSA) is 0 Å². The number of benzene rings is 9. The van der Waals surface area contributed by atoms with Crippen LogP contribution in [0.3, 0.4) is 0 Å². The first-order valence-corrected chi connectivity index (χ1v) is 16.2. The molecule has 0 heteroatoms. The molecule has 0 aromatic heterocycles. The predicted octanol–water partition coefficient (Wildman–Crippen LogP) is 13.5. The van der Waals surface area contributed by atoms with E-state index in [4.69, 9.17) is 6.85 Å². The van der Waals surface area contributed by atoms with E-state index in [0.717, 1.165) is 76.8 Å². The molecule has 0 bridgehead atoms. The fraction of sp³-hybridized carbons (Fsp3) is 0. The Morgan fingerprint density at radius 1 is 0.292 bits per heavy atom. The molecule has 0 radical (unpaired) electrons. The second-order valence-electron chi connectivity index (χ2n) is 12.1. The average molecular weight is 614 g/mol. The van der Waals surface area contributed by atoms with E-state index in [1.165, 1.54) is 0 Å². The second-order valence-corrected chi connectivity index (χ2v) is 12.1. The summed E-state index contributed by atoms with van der Waals surface area (Å²) in [7, 11) is 0. The lowest BCUT2D eigenvalue weighted by Gasteiger charge is -2.20. The molecule has 0 saturated carbocycles. The van der Waals surface area contributed by atoms with Crippen molar-refractivity contribution in [3.8, 4) is 55.6 Å². The van der Waals surface area contributed by atoms with E-state index in [-0.39, 0.29) is 29.7 Å². The van der Waals surface area contributed by atoms with E-state index in [1.807, 2.05) is 42.5 Å². The number of hydrogen-bond donors (Lipinski definition) is 0. The molecule has 48 heavy (non-hydrogen) atoms. The van der Waals surface area contributed by atoms with Gasteiger partial charge in [-0.2, -0.15) is 0 Å². The molecule has 0 spiro atoms. The van der Waals surface area contributed by atoms with Crippen molar-refractivity contribution in [1.29, 1.82) is 0 Å². The maximum atomic E-state index is 8.83. The van der Waals surface area contributed by atoms with E-state index < -0.39 is 6.04 Å². The molecular weight excluding hydrogens is 577 g/mol. The molecule has 0 saturated heterocycles. The van der Waals surface area contributed by atoms with Gasteiger partial charge in [0.1, 0.15) is 0 Å². The Morgan fingerprint density at radius 2 is 0.729 bits per heavy atom. The number of rotatable bonds is 5. The van der Waals surface area contributed by atoms with E-state index in [2.05, 4.69) is 121 Å². The van der Waals surface area contributed by atoms with Gasteiger partial charge in [-0.25, -0.2) is 0 Å². The highest BCUT2D eigenvalue weighted by Gasteiger charge is 2.20. The van der Waals surface area contributed by atoms with Gasteiger partial charge in [-0.15, -0.1) is 0 Å². The zero-order valence-electron chi connectivity index (χ0n) is 31.1. The summed E-state index contributed by atoms with van der Waals surface area (Å²) < 4.78 is 42.7. The zero-order valence-corrected chi connectivity index (χ0v) is 26.1. The largest absolute Gasteiger partial charge is 0.0629 e. The lowest BCUT2D eigenvalue weighted by Crippen LogP contribution is -1.93. The molecular formula is C48H32. The molecule has 9 rings (SSSR count). The summed E-state index contributed by atoms with van der Waals surface area (Å²) in [5.41, 5.74) is 9.56. The summed E-state index contributed by atoms with van der Waals surface area (Å²) in [5, 5.41) is 6.27. The molecule has 9 aromatic rings. The third-order valence-corrected chi connectivity index (χ3v) is 9.29. The molecule has 0 fully saturated rings. The Hall–Kier alpha value is -6.24. The quantitative estimate of drug-likeness (QED) is 0.169. The van der Waals surface area contributed by atoms with Crippen molar-refractivity contribution >= 4 is 32.3 Å². The van der Waals surface area contributed by atoms with E-state index in [1.54, 1.807) is 0 Å². The van der Waals surface area contributed by atoms with Gasteiger partial charge < -0.3 is 0 Å². The van der Waals surface area contributed by atoms with Crippen LogP contribution in [0.1, 0.15) is 6.85 Å². The van der Waals surface area contributed by atoms with Gasteiger partial charge in [-0.3, -0.25) is 0 Å². The van der Waals surface area contributed by atoms with E-state index >= 15 is 0 Å². The van der Waals surface area contributed by atoms with Gasteiger partial charge in [-0.1, -0.05) is 164 Å². The van der Waals surface area contributed by atoms with Crippen molar-refractivity contribution in [3.05, 3.63) is 194 Å². The molecule has 9 aromatic carbocycles. The molecule has 0 aliphatic carbocycles. The van der Waals surface area contributed by atoms with Gasteiger partial charge in [-0.05, 0) is 118 Å². The van der Waals surface area contributed by atoms with Crippen LogP contribution in [0.2, 0.25) is 0 Å². The van der Waals surface area contributed by atoms with Crippen LogP contribution in [0, 0.1) is 0 Å². The Bertz CT molecular complexity index is 2740. The van der Waals surface area contributed by atoms with Gasteiger partial charge in [0, 0.05) is 0 Å². The van der Waals surface area contributed by atoms with Crippen molar-refractivity contribution in [1.82, 2.24) is 0 Å². The zero-order chi connectivity index (χ0) is 36.2. The van der Waals surface area contributed by atoms with Crippen molar-refractivity contribution in [2.24, 2.45) is 0 Å². The van der Waals surface area contributed by atoms with Gasteiger partial charge >= 0.3 is 0 Å². The lowest BCUT2D eigenvalue weighted by atomic mass is 9.83. The van der Waals surface area contributed by atoms with Gasteiger partial charge in [0.2, 0.25) is 0 Å². The Balaban J connectivity index is 1.39. The minimum absolute atomic E-state index is 0.194. The lowest BCUT2D eigenvalue weighted by molar-refractivity contribution is 1.58. The first kappa shape index (κ1) is 23.1. The molecule has 0 unspecified atom stereocenters. The molecule has 0 heterocycles. The first-order valence-electron chi connectivity index (χ1n) is 18.7. The fourth-order valence-corrected chi connectivity index (χ4v) is 7.15. The van der Waals surface area contributed by atoms with Crippen LogP contribution >= 0.6 is 0 Å². The fourth-order valence-electron chi connectivity index (χ4n) is 7.15. The standard InChI is InChI=1S/C48H32/c1-4-16-33(17-5-1)37-29-38(34-18-6-2-7-19-34)31-40(30-37)47-42-24-12-14-26-44(42)48(45-27-15-13-25-43(45)47)46-32-39(35-20-8-3-9-21-35)28-36-22-10-11-23-41(36)46/h1-32H/i3D,8D,9D,20D,21D. The van der Waals surface area contributed by atoms with E-state index in [0.29, 0.717) is 5.56 Å². The third kappa shape index (κ3) is 4.87. The van der Waals surface area contributed by atoms with Crippen molar-refractivity contribution in [2.75, 3.05) is 0 Å². The first-order chi connectivity index (χ1) is 25.9. The van der Waals surface area contributed by atoms with Crippen LogP contribution in [0.15, 0.2) is 194 Å². The molecule has 0 N–H and O–H groups in total. The summed E-state index contributed by atoms with van der Waals surface area (Å²) in [5.74, 6) is 0. The average Bonchev–Trinajstić information content (AvgIpc) is 3.21. The van der Waals surface area contributed by atoms with Crippen LogP contribution in [0.4, 0.5) is 0 Å². The number of fused-ring (bicyclic) bond motifs is 3. The van der Waals surface area contributed by atoms with Crippen LogP contribution in [0.5, 0.6) is 0 Å². The van der Waals surface area contributed by atoms with E-state index in [9.17, 15) is 0 Å². The van der Waals surface area contributed by atoms with Crippen molar-refractivity contribution in [3.63, 3.8) is 0 Å². The summed E-state index contributed by atoms with van der Waals surface area (Å²) >= 11 is 0. The molecule has 0 aliphatic heterocycles. The maximum absolute atomic E-state index is 8.83. The minimum atomic E-state index is -0.399. The van der Waals surface area contributed by atoms with Crippen LogP contribution in [-0.2, 0) is 0 Å². The molecule has 0 atom stereocenters. The maximum Gasteiger partial charge on any atom is 0.0629 e. The van der Waals surface area contributed by atoms with Crippen molar-refractivity contribution < 1.29 is 6.85 Å². The summed E-state index contributed by atoms with van der Waals surface area (Å²) in [4.78, 5) is 0. The summed E-state index contributed by atoms with van der Waals surface area (Å²) in [6, 6.07) is 55.5. The Morgan fingerprint density at radius 3 is 1.29 bits per heavy atom. The second kappa shape index (κ2) is 11.8. The van der Waals surface area contributed by atoms with Crippen molar-refractivity contribution in [2.45, 2.75) is 0 Å². The SMILES string of the molecule is [2H]c1c([2H])c([2H])c(-c2cc(-c3c4ccccc4c(-c4cc(-c5ccccc5)cc(-c5ccccc5)c4)c4ccccc34)c3ccccc3c2)c([2H])c1[2H]. The summed E-state index contributed by atoms with van der Waals surface area (Å²) in [6.07, 6.45) is 0. The van der Waals surface area contributed by atoms with Gasteiger partial charge in [0.25, 0.3) is 0 Å². The van der Waals surface area contributed by atoms with Crippen LogP contribution in [0.25, 0.3) is 88.0 Å². The molecule has 224 valence electrons.